The lowest BCUT2D eigenvalue weighted by Gasteiger charge is -2.07. The molecule has 24 heavy (non-hydrogen) atoms. The third-order valence-electron chi connectivity index (χ3n) is 3.89. The zero-order chi connectivity index (χ0) is 17.2. The SMILES string of the molecule is Cc1ccc(S(=O)(=O)NN=Cc2c(C)ccc3ccccc23)cc1. The molecule has 0 amide bonds. The maximum atomic E-state index is 12.3. The van der Waals surface area contributed by atoms with E-state index in [1.165, 1.54) is 0 Å². The van der Waals surface area contributed by atoms with Gasteiger partial charge in [-0.25, -0.2) is 4.83 Å². The monoisotopic (exact) mass is 338 g/mol. The Morgan fingerprint density at radius 1 is 0.917 bits per heavy atom. The van der Waals surface area contributed by atoms with Gasteiger partial charge in [0.25, 0.3) is 10.0 Å². The molecule has 0 saturated heterocycles. The highest BCUT2D eigenvalue weighted by Crippen LogP contribution is 2.20. The summed E-state index contributed by atoms with van der Waals surface area (Å²) in [5, 5.41) is 6.09. The van der Waals surface area contributed by atoms with Crippen molar-refractivity contribution in [3.8, 4) is 0 Å². The lowest BCUT2D eigenvalue weighted by molar-refractivity contribution is 0.584. The molecule has 0 aliphatic rings. The first kappa shape index (κ1) is 16.2. The molecule has 0 radical (unpaired) electrons. The predicted octanol–water partition coefficient (Wildman–Crippen LogP) is 3.77. The topological polar surface area (TPSA) is 58.5 Å². The summed E-state index contributed by atoms with van der Waals surface area (Å²) in [5.41, 5.74) is 2.94. The van der Waals surface area contributed by atoms with Crippen molar-refractivity contribution in [2.45, 2.75) is 18.7 Å². The van der Waals surface area contributed by atoms with Crippen molar-refractivity contribution in [2.75, 3.05) is 0 Å². The lowest BCUT2D eigenvalue weighted by Crippen LogP contribution is -2.18. The molecular formula is C19H18N2O2S. The van der Waals surface area contributed by atoms with Crippen LogP contribution in [0.4, 0.5) is 0 Å². The molecular weight excluding hydrogens is 320 g/mol. The summed E-state index contributed by atoms with van der Waals surface area (Å²) in [4.78, 5) is 2.47. The van der Waals surface area contributed by atoms with Gasteiger partial charge in [0.15, 0.2) is 0 Å². The molecule has 0 heterocycles. The van der Waals surface area contributed by atoms with Crippen LogP contribution in [0.1, 0.15) is 16.7 Å². The summed E-state index contributed by atoms with van der Waals surface area (Å²) in [6.45, 7) is 3.88. The third-order valence-corrected chi connectivity index (χ3v) is 5.13. The number of rotatable bonds is 4. The van der Waals surface area contributed by atoms with Gasteiger partial charge in [0, 0.05) is 5.56 Å². The van der Waals surface area contributed by atoms with Crippen LogP contribution in [-0.4, -0.2) is 14.6 Å². The van der Waals surface area contributed by atoms with E-state index in [2.05, 4.69) is 9.93 Å². The van der Waals surface area contributed by atoms with Gasteiger partial charge in [-0.2, -0.15) is 13.5 Å². The molecule has 122 valence electrons. The average Bonchev–Trinajstić information content (AvgIpc) is 2.57. The van der Waals surface area contributed by atoms with E-state index < -0.39 is 10.0 Å². The Morgan fingerprint density at radius 3 is 2.38 bits per heavy atom. The Labute approximate surface area is 141 Å². The van der Waals surface area contributed by atoms with E-state index in [0.717, 1.165) is 27.5 Å². The van der Waals surface area contributed by atoms with Crippen LogP contribution in [0.2, 0.25) is 0 Å². The van der Waals surface area contributed by atoms with Gasteiger partial charge in [0.2, 0.25) is 0 Å². The standard InChI is InChI=1S/C19H18N2O2S/c1-14-7-11-17(12-8-14)24(22,23)21-20-13-19-15(2)9-10-16-5-3-4-6-18(16)19/h3-13,21H,1-2H3. The number of aryl methyl sites for hydroxylation is 2. The highest BCUT2D eigenvalue weighted by Gasteiger charge is 2.12. The number of hydrazone groups is 1. The molecule has 0 bridgehead atoms. The molecule has 0 spiro atoms. The summed E-state index contributed by atoms with van der Waals surface area (Å²) >= 11 is 0. The molecule has 0 aliphatic heterocycles. The lowest BCUT2D eigenvalue weighted by atomic mass is 10.0. The van der Waals surface area contributed by atoms with Crippen LogP contribution in [0.5, 0.6) is 0 Å². The highest BCUT2D eigenvalue weighted by atomic mass is 32.2. The fourth-order valence-corrected chi connectivity index (χ4v) is 3.30. The van der Waals surface area contributed by atoms with E-state index in [4.69, 9.17) is 0 Å². The van der Waals surface area contributed by atoms with Crippen LogP contribution in [-0.2, 0) is 10.0 Å². The third kappa shape index (κ3) is 3.31. The predicted molar refractivity (Wildman–Crippen MR) is 97.8 cm³/mol. The van der Waals surface area contributed by atoms with Crippen molar-refractivity contribution in [2.24, 2.45) is 5.10 Å². The van der Waals surface area contributed by atoms with Gasteiger partial charge in [-0.3, -0.25) is 0 Å². The zero-order valence-corrected chi connectivity index (χ0v) is 14.3. The normalized spacial score (nSPS) is 11.9. The Morgan fingerprint density at radius 2 is 1.62 bits per heavy atom. The molecule has 0 aliphatic carbocycles. The summed E-state index contributed by atoms with van der Waals surface area (Å²) < 4.78 is 24.5. The van der Waals surface area contributed by atoms with Crippen LogP contribution in [0.15, 0.2) is 70.7 Å². The van der Waals surface area contributed by atoms with Crippen molar-refractivity contribution < 1.29 is 8.42 Å². The van der Waals surface area contributed by atoms with Crippen LogP contribution in [0.3, 0.4) is 0 Å². The molecule has 4 nitrogen and oxygen atoms in total. The highest BCUT2D eigenvalue weighted by molar-refractivity contribution is 7.89. The van der Waals surface area contributed by atoms with E-state index in [9.17, 15) is 8.42 Å². The van der Waals surface area contributed by atoms with Gasteiger partial charge < -0.3 is 0 Å². The van der Waals surface area contributed by atoms with Crippen LogP contribution in [0, 0.1) is 13.8 Å². The summed E-state index contributed by atoms with van der Waals surface area (Å²) in [5.74, 6) is 0. The van der Waals surface area contributed by atoms with Crippen molar-refractivity contribution in [3.05, 3.63) is 77.4 Å². The number of hydrogen-bond donors (Lipinski definition) is 1. The Kier molecular flexibility index (Phi) is 4.36. The van der Waals surface area contributed by atoms with Crippen molar-refractivity contribution in [3.63, 3.8) is 0 Å². The number of fused-ring (bicyclic) bond motifs is 1. The van der Waals surface area contributed by atoms with E-state index >= 15 is 0 Å². The summed E-state index contributed by atoms with van der Waals surface area (Å²) in [7, 11) is -3.66. The second-order valence-electron chi connectivity index (χ2n) is 5.68. The molecule has 0 atom stereocenters. The molecule has 5 heteroatoms. The number of benzene rings is 3. The number of nitrogens with one attached hydrogen (secondary N) is 1. The molecule has 3 aromatic rings. The molecule has 0 fully saturated rings. The molecule has 1 N–H and O–H groups in total. The second kappa shape index (κ2) is 6.45. The van der Waals surface area contributed by atoms with E-state index in [0.29, 0.717) is 0 Å². The van der Waals surface area contributed by atoms with E-state index in [1.807, 2.05) is 50.2 Å². The quantitative estimate of drug-likeness (QED) is 0.581. The maximum Gasteiger partial charge on any atom is 0.276 e. The van der Waals surface area contributed by atoms with Crippen molar-refractivity contribution >= 4 is 27.0 Å². The number of nitrogens with zero attached hydrogens (tertiary/aromatic N) is 1. The van der Waals surface area contributed by atoms with E-state index in [-0.39, 0.29) is 4.90 Å². The molecule has 0 aromatic heterocycles. The second-order valence-corrected chi connectivity index (χ2v) is 7.34. The zero-order valence-electron chi connectivity index (χ0n) is 13.5. The molecule has 3 rings (SSSR count). The molecule has 0 saturated carbocycles. The van der Waals surface area contributed by atoms with E-state index in [1.54, 1.807) is 30.5 Å². The largest absolute Gasteiger partial charge is 0.276 e. The fraction of sp³-hybridized carbons (Fsp3) is 0.105. The first-order valence-corrected chi connectivity index (χ1v) is 9.05. The molecule has 3 aromatic carbocycles. The van der Waals surface area contributed by atoms with Crippen LogP contribution >= 0.6 is 0 Å². The minimum absolute atomic E-state index is 0.194. The Bertz CT molecular complexity index is 1010. The fourth-order valence-electron chi connectivity index (χ4n) is 2.51. The van der Waals surface area contributed by atoms with Crippen molar-refractivity contribution in [1.82, 2.24) is 4.83 Å². The summed E-state index contributed by atoms with van der Waals surface area (Å²) in [6, 6.07) is 18.6. The van der Waals surface area contributed by atoms with Gasteiger partial charge in [-0.1, -0.05) is 54.1 Å². The number of sulfonamides is 1. The Balaban J connectivity index is 1.89. The minimum atomic E-state index is -3.66. The number of hydrogen-bond acceptors (Lipinski definition) is 3. The van der Waals surface area contributed by atoms with Gasteiger partial charge in [0.05, 0.1) is 11.1 Å². The van der Waals surface area contributed by atoms with Crippen LogP contribution in [0.25, 0.3) is 10.8 Å². The first-order chi connectivity index (χ1) is 11.5. The van der Waals surface area contributed by atoms with Gasteiger partial charge >= 0.3 is 0 Å². The maximum absolute atomic E-state index is 12.3. The Hall–Kier alpha value is -2.66. The van der Waals surface area contributed by atoms with Crippen molar-refractivity contribution in [1.29, 1.82) is 0 Å². The minimum Gasteiger partial charge on any atom is -0.200 e. The molecule has 0 unspecified atom stereocenters. The van der Waals surface area contributed by atoms with Gasteiger partial charge in [0.1, 0.15) is 0 Å². The summed E-state index contributed by atoms with van der Waals surface area (Å²) in [6.07, 6.45) is 1.56. The van der Waals surface area contributed by atoms with Crippen LogP contribution < -0.4 is 4.83 Å². The van der Waals surface area contributed by atoms with Gasteiger partial charge in [-0.15, -0.1) is 0 Å². The smallest absolute Gasteiger partial charge is 0.200 e. The average molecular weight is 338 g/mol. The first-order valence-electron chi connectivity index (χ1n) is 7.57. The van der Waals surface area contributed by atoms with Gasteiger partial charge in [-0.05, 0) is 42.3 Å².